The smallest absolute Gasteiger partial charge is 0.301 e. The highest BCUT2D eigenvalue weighted by Crippen LogP contribution is 2.34. The molecule has 5 aromatic rings. The number of hydrogen-bond acceptors (Lipinski definition) is 9. The van der Waals surface area contributed by atoms with Crippen molar-refractivity contribution in [1.29, 1.82) is 0 Å². The van der Waals surface area contributed by atoms with E-state index in [1.54, 1.807) is 7.11 Å². The largest absolute Gasteiger partial charge is 0.497 e. The first kappa shape index (κ1) is 24.6. The number of non-ortho nitro benzene ring substituents is 1. The van der Waals surface area contributed by atoms with Gasteiger partial charge < -0.3 is 9.47 Å². The summed E-state index contributed by atoms with van der Waals surface area (Å²) in [7, 11) is 2.98. The predicted molar refractivity (Wildman–Crippen MR) is 143 cm³/mol. The zero-order valence-corrected chi connectivity index (χ0v) is 21.0. The third-order valence-electron chi connectivity index (χ3n) is 5.63. The van der Waals surface area contributed by atoms with Gasteiger partial charge in [-0.15, -0.1) is 21.6 Å². The van der Waals surface area contributed by atoms with Gasteiger partial charge in [0.05, 0.1) is 36.6 Å². The lowest BCUT2D eigenvalue weighted by atomic mass is 10.1. The molecule has 1 N–H and O–H groups in total. The Kier molecular flexibility index (Phi) is 6.78. The van der Waals surface area contributed by atoms with Crippen molar-refractivity contribution in [2.45, 2.75) is 0 Å². The number of hydrogen-bond donors (Lipinski definition) is 1. The van der Waals surface area contributed by atoms with Crippen LogP contribution >= 0.6 is 11.3 Å². The number of nitro benzene ring substituents is 1. The number of ether oxygens (including phenoxy) is 2. The molecule has 190 valence electrons. The quantitative estimate of drug-likeness (QED) is 0.143. The van der Waals surface area contributed by atoms with Crippen molar-refractivity contribution >= 4 is 28.4 Å². The van der Waals surface area contributed by atoms with E-state index in [2.05, 4.69) is 20.3 Å². The van der Waals surface area contributed by atoms with Gasteiger partial charge in [0.15, 0.2) is 11.4 Å². The Morgan fingerprint density at radius 1 is 0.974 bits per heavy atom. The Balaban J connectivity index is 1.57. The molecule has 0 radical (unpaired) electrons. The first-order valence-corrected chi connectivity index (χ1v) is 12.1. The minimum Gasteiger partial charge on any atom is -0.497 e. The van der Waals surface area contributed by atoms with E-state index in [-0.39, 0.29) is 22.8 Å². The Morgan fingerprint density at radius 2 is 1.74 bits per heavy atom. The molecule has 0 saturated carbocycles. The first-order chi connectivity index (χ1) is 18.5. The highest BCUT2D eigenvalue weighted by Gasteiger charge is 2.20. The van der Waals surface area contributed by atoms with Crippen molar-refractivity contribution in [2.75, 3.05) is 14.2 Å². The zero-order valence-electron chi connectivity index (χ0n) is 20.2. The number of azo groups is 1. The number of rotatable bonds is 8. The summed E-state index contributed by atoms with van der Waals surface area (Å²) in [5.74, 6) is 0.890. The summed E-state index contributed by atoms with van der Waals surface area (Å²) in [5, 5.41) is 24.9. The number of nitro groups is 1. The molecule has 0 spiro atoms. The predicted octanol–water partition coefficient (Wildman–Crippen LogP) is 6.30. The zero-order chi connectivity index (χ0) is 26.6. The molecule has 0 amide bonds. The second kappa shape index (κ2) is 10.5. The van der Waals surface area contributed by atoms with E-state index in [1.807, 2.05) is 60.0 Å². The van der Waals surface area contributed by atoms with E-state index in [9.17, 15) is 14.9 Å². The first-order valence-electron chi connectivity index (χ1n) is 11.2. The van der Waals surface area contributed by atoms with Crippen LogP contribution in [0.3, 0.4) is 0 Å². The topological polar surface area (TPSA) is 137 Å². The lowest BCUT2D eigenvalue weighted by Gasteiger charge is -2.03. The molecular formula is C26H20N6O5S. The molecule has 0 saturated heterocycles. The number of thiazole rings is 1. The van der Waals surface area contributed by atoms with Gasteiger partial charge in [-0.05, 0) is 30.3 Å². The molecule has 12 heteroatoms. The fourth-order valence-electron chi connectivity index (χ4n) is 3.69. The minimum atomic E-state index is -0.532. The van der Waals surface area contributed by atoms with Gasteiger partial charge in [0.25, 0.3) is 5.69 Å². The Hall–Kier alpha value is -5.10. The maximum atomic E-state index is 13.5. The van der Waals surface area contributed by atoms with E-state index in [1.165, 1.54) is 41.3 Å². The van der Waals surface area contributed by atoms with E-state index in [4.69, 9.17) is 9.47 Å². The van der Waals surface area contributed by atoms with Crippen LogP contribution in [0.15, 0.2) is 93.2 Å². The fraction of sp³-hybridized carbons (Fsp3) is 0.0769. The molecule has 0 aliphatic rings. The highest BCUT2D eigenvalue weighted by molar-refractivity contribution is 7.12. The Bertz CT molecular complexity index is 1690. The van der Waals surface area contributed by atoms with Crippen LogP contribution < -0.4 is 15.0 Å². The molecule has 11 nitrogen and oxygen atoms in total. The van der Waals surface area contributed by atoms with Crippen LogP contribution in [0, 0.1) is 10.1 Å². The lowest BCUT2D eigenvalue weighted by Crippen LogP contribution is -2.13. The number of aromatic amines is 1. The standard InChI is InChI=1S/C26H20N6O5S/c1-36-19-11-8-16(9-12-19)21-15-38-26(27-21)31-25(33)24(23(30-31)17-6-4-3-5-7-17)29-28-20-13-10-18(32(34)35)14-22(20)37-2/h3-15,30H,1-2H3. The van der Waals surface area contributed by atoms with Crippen molar-refractivity contribution in [2.24, 2.45) is 10.2 Å². The molecule has 0 bridgehead atoms. The molecule has 38 heavy (non-hydrogen) atoms. The number of benzene rings is 3. The summed E-state index contributed by atoms with van der Waals surface area (Å²) in [4.78, 5) is 28.7. The van der Waals surface area contributed by atoms with Gasteiger partial charge in [-0.25, -0.2) is 4.98 Å². The third kappa shape index (κ3) is 4.80. The summed E-state index contributed by atoms with van der Waals surface area (Å²) in [6, 6.07) is 20.6. The minimum absolute atomic E-state index is 0.0535. The summed E-state index contributed by atoms with van der Waals surface area (Å²) in [5.41, 5.74) is 2.44. The van der Waals surface area contributed by atoms with Gasteiger partial charge in [0.1, 0.15) is 11.4 Å². The van der Waals surface area contributed by atoms with Gasteiger partial charge in [-0.1, -0.05) is 30.3 Å². The van der Waals surface area contributed by atoms with Gasteiger partial charge in [-0.3, -0.25) is 20.0 Å². The average Bonchev–Trinajstić information content (AvgIpc) is 3.57. The highest BCUT2D eigenvalue weighted by atomic mass is 32.1. The van der Waals surface area contributed by atoms with Gasteiger partial charge in [0.2, 0.25) is 5.13 Å². The number of nitrogens with zero attached hydrogens (tertiary/aromatic N) is 5. The molecule has 3 aromatic carbocycles. The van der Waals surface area contributed by atoms with Crippen LogP contribution in [0.1, 0.15) is 0 Å². The molecule has 2 heterocycles. The molecule has 0 atom stereocenters. The van der Waals surface area contributed by atoms with E-state index < -0.39 is 10.5 Å². The van der Waals surface area contributed by atoms with Crippen molar-refractivity contribution in [1.82, 2.24) is 14.8 Å². The van der Waals surface area contributed by atoms with E-state index in [0.717, 1.165) is 16.9 Å². The van der Waals surface area contributed by atoms with Crippen LogP contribution in [-0.4, -0.2) is 33.9 Å². The van der Waals surface area contributed by atoms with Gasteiger partial charge in [0, 0.05) is 22.6 Å². The van der Waals surface area contributed by atoms with Crippen LogP contribution in [0.4, 0.5) is 17.1 Å². The van der Waals surface area contributed by atoms with Crippen molar-refractivity contribution in [3.05, 3.63) is 98.6 Å². The van der Waals surface area contributed by atoms with Crippen LogP contribution in [0.2, 0.25) is 0 Å². The van der Waals surface area contributed by atoms with Gasteiger partial charge >= 0.3 is 5.56 Å². The SMILES string of the molecule is COc1ccc(-c2csc(-n3[nH]c(-c4ccccc4)c(N=Nc4ccc([N+](=O)[O-])cc4OC)c3=O)n2)cc1. The normalized spacial score (nSPS) is 11.1. The number of H-pyrrole nitrogens is 1. The molecular weight excluding hydrogens is 508 g/mol. The summed E-state index contributed by atoms with van der Waals surface area (Å²) >= 11 is 1.30. The van der Waals surface area contributed by atoms with Crippen LogP contribution in [0.5, 0.6) is 11.5 Å². The molecule has 5 rings (SSSR count). The Morgan fingerprint density at radius 3 is 2.42 bits per heavy atom. The Labute approximate surface area is 219 Å². The lowest BCUT2D eigenvalue weighted by molar-refractivity contribution is -0.384. The summed E-state index contributed by atoms with van der Waals surface area (Å²) in [6.45, 7) is 0. The molecule has 0 aliphatic carbocycles. The fourth-order valence-corrected chi connectivity index (χ4v) is 4.48. The second-order valence-electron chi connectivity index (χ2n) is 7.90. The second-order valence-corrected chi connectivity index (χ2v) is 8.74. The van der Waals surface area contributed by atoms with Gasteiger partial charge in [-0.2, -0.15) is 4.68 Å². The van der Waals surface area contributed by atoms with Crippen molar-refractivity contribution < 1.29 is 14.4 Å². The molecule has 2 aromatic heterocycles. The summed E-state index contributed by atoms with van der Waals surface area (Å²) in [6.07, 6.45) is 0. The van der Waals surface area contributed by atoms with E-state index in [0.29, 0.717) is 16.5 Å². The number of nitrogens with one attached hydrogen (secondary N) is 1. The van der Waals surface area contributed by atoms with E-state index >= 15 is 0 Å². The van der Waals surface area contributed by atoms with Crippen LogP contribution in [-0.2, 0) is 0 Å². The maximum absolute atomic E-state index is 13.5. The third-order valence-corrected chi connectivity index (χ3v) is 6.46. The van der Waals surface area contributed by atoms with Crippen molar-refractivity contribution in [3.8, 4) is 39.1 Å². The molecule has 0 fully saturated rings. The molecule has 0 aliphatic heterocycles. The van der Waals surface area contributed by atoms with Crippen LogP contribution in [0.25, 0.3) is 27.6 Å². The molecule has 0 unspecified atom stereocenters. The van der Waals surface area contributed by atoms with Crippen molar-refractivity contribution in [3.63, 3.8) is 0 Å². The maximum Gasteiger partial charge on any atom is 0.301 e. The number of aromatic nitrogens is 3. The number of methoxy groups -OCH3 is 2. The summed E-state index contributed by atoms with van der Waals surface area (Å²) < 4.78 is 11.8. The monoisotopic (exact) mass is 528 g/mol. The average molecular weight is 529 g/mol.